The summed E-state index contributed by atoms with van der Waals surface area (Å²) in [6, 6.07) is 19.1. The molecule has 2 aromatic carbocycles. The van der Waals surface area contributed by atoms with Crippen molar-refractivity contribution in [1.29, 1.82) is 0 Å². The van der Waals surface area contributed by atoms with E-state index in [9.17, 15) is 0 Å². The van der Waals surface area contributed by atoms with Gasteiger partial charge in [-0.3, -0.25) is 4.98 Å². The minimum Gasteiger partial charge on any atom is -0.380 e. The first-order chi connectivity index (χ1) is 10.2. The smallest absolute Gasteiger partial charge is 0.0722 e. The molecule has 21 heavy (non-hydrogen) atoms. The van der Waals surface area contributed by atoms with Crippen LogP contribution in [0.5, 0.6) is 0 Å². The number of fused-ring (bicyclic) bond motifs is 1. The van der Waals surface area contributed by atoms with Gasteiger partial charge in [0.1, 0.15) is 0 Å². The predicted octanol–water partition coefficient (Wildman–Crippen LogP) is 4.97. The Morgan fingerprint density at radius 3 is 2.52 bits per heavy atom. The van der Waals surface area contributed by atoms with Crippen molar-refractivity contribution in [2.75, 3.05) is 5.32 Å². The maximum absolute atomic E-state index is 4.39. The van der Waals surface area contributed by atoms with Crippen molar-refractivity contribution in [1.82, 2.24) is 4.98 Å². The minimum absolute atomic E-state index is 0.580. The van der Waals surface area contributed by atoms with Crippen LogP contribution in [0, 0.1) is 0 Å². The van der Waals surface area contributed by atoms with Crippen LogP contribution in [-0.4, -0.2) is 4.98 Å². The van der Waals surface area contributed by atoms with E-state index in [1.807, 2.05) is 24.4 Å². The lowest BCUT2D eigenvalue weighted by Gasteiger charge is -2.11. The molecule has 0 unspecified atom stereocenters. The zero-order valence-corrected chi connectivity index (χ0v) is 12.5. The van der Waals surface area contributed by atoms with Crippen molar-refractivity contribution in [3.05, 3.63) is 71.9 Å². The predicted molar refractivity (Wildman–Crippen MR) is 89.6 cm³/mol. The van der Waals surface area contributed by atoms with E-state index in [0.717, 1.165) is 17.7 Å². The maximum atomic E-state index is 4.39. The van der Waals surface area contributed by atoms with Crippen LogP contribution in [0.4, 0.5) is 5.69 Å². The number of rotatable bonds is 4. The highest BCUT2D eigenvalue weighted by Crippen LogP contribution is 2.22. The summed E-state index contributed by atoms with van der Waals surface area (Å²) < 4.78 is 0. The second-order valence-electron chi connectivity index (χ2n) is 5.63. The van der Waals surface area contributed by atoms with Crippen LogP contribution in [0.2, 0.25) is 0 Å². The molecular formula is C19H20N2. The van der Waals surface area contributed by atoms with Crippen LogP contribution in [0.1, 0.15) is 30.9 Å². The van der Waals surface area contributed by atoms with Gasteiger partial charge in [-0.25, -0.2) is 0 Å². The monoisotopic (exact) mass is 276 g/mol. The molecule has 0 aliphatic heterocycles. The number of nitrogens with one attached hydrogen (secondary N) is 1. The third-order valence-corrected chi connectivity index (χ3v) is 3.78. The first kappa shape index (κ1) is 13.6. The van der Waals surface area contributed by atoms with Crippen molar-refractivity contribution < 1.29 is 0 Å². The van der Waals surface area contributed by atoms with Gasteiger partial charge in [-0.05, 0) is 41.3 Å². The number of nitrogens with zero attached hydrogens (tertiary/aromatic N) is 1. The van der Waals surface area contributed by atoms with E-state index < -0.39 is 0 Å². The molecule has 2 heteroatoms. The van der Waals surface area contributed by atoms with E-state index in [1.54, 1.807) is 0 Å². The van der Waals surface area contributed by atoms with Gasteiger partial charge in [-0.2, -0.15) is 0 Å². The zero-order valence-electron chi connectivity index (χ0n) is 12.5. The molecule has 0 atom stereocenters. The molecule has 0 fully saturated rings. The molecule has 0 aliphatic carbocycles. The van der Waals surface area contributed by atoms with Gasteiger partial charge in [0.2, 0.25) is 0 Å². The molecule has 0 bridgehead atoms. The van der Waals surface area contributed by atoms with Crippen LogP contribution in [-0.2, 0) is 6.54 Å². The van der Waals surface area contributed by atoms with Gasteiger partial charge in [-0.1, -0.05) is 44.2 Å². The van der Waals surface area contributed by atoms with Gasteiger partial charge in [0, 0.05) is 23.8 Å². The van der Waals surface area contributed by atoms with E-state index in [-0.39, 0.29) is 0 Å². The van der Waals surface area contributed by atoms with Crippen molar-refractivity contribution in [2.24, 2.45) is 0 Å². The Morgan fingerprint density at radius 2 is 1.76 bits per heavy atom. The number of anilines is 1. The van der Waals surface area contributed by atoms with Crippen LogP contribution >= 0.6 is 0 Å². The lowest BCUT2D eigenvalue weighted by Crippen LogP contribution is -2.00. The average Bonchev–Trinajstić information content (AvgIpc) is 2.53. The third-order valence-electron chi connectivity index (χ3n) is 3.78. The van der Waals surface area contributed by atoms with E-state index in [1.165, 1.54) is 16.5 Å². The van der Waals surface area contributed by atoms with Crippen molar-refractivity contribution in [2.45, 2.75) is 26.3 Å². The molecule has 1 aromatic heterocycles. The summed E-state index contributed by atoms with van der Waals surface area (Å²) in [6.45, 7) is 5.26. The van der Waals surface area contributed by atoms with Crippen molar-refractivity contribution in [3.63, 3.8) is 0 Å². The molecule has 1 N–H and O–H groups in total. The van der Waals surface area contributed by atoms with Gasteiger partial charge in [0.15, 0.2) is 0 Å². The van der Waals surface area contributed by atoms with Gasteiger partial charge < -0.3 is 5.32 Å². The fraction of sp³-hybridized carbons (Fsp3) is 0.211. The van der Waals surface area contributed by atoms with Crippen LogP contribution in [0.3, 0.4) is 0 Å². The molecular weight excluding hydrogens is 256 g/mol. The average molecular weight is 276 g/mol. The van der Waals surface area contributed by atoms with E-state index in [4.69, 9.17) is 0 Å². The molecule has 2 nitrogen and oxygen atoms in total. The summed E-state index contributed by atoms with van der Waals surface area (Å²) in [7, 11) is 0. The summed E-state index contributed by atoms with van der Waals surface area (Å²) in [6.07, 6.45) is 1.83. The van der Waals surface area contributed by atoms with Crippen molar-refractivity contribution in [3.8, 4) is 0 Å². The molecule has 0 aliphatic rings. The van der Waals surface area contributed by atoms with Gasteiger partial charge in [0.05, 0.1) is 5.52 Å². The topological polar surface area (TPSA) is 24.9 Å². The first-order valence-corrected chi connectivity index (χ1v) is 7.40. The fourth-order valence-corrected chi connectivity index (χ4v) is 2.48. The molecule has 0 radical (unpaired) electrons. The lowest BCUT2D eigenvalue weighted by atomic mass is 10.0. The highest BCUT2D eigenvalue weighted by Gasteiger charge is 2.02. The largest absolute Gasteiger partial charge is 0.380 e. The Morgan fingerprint density at radius 1 is 0.952 bits per heavy atom. The molecule has 3 aromatic rings. The quantitative estimate of drug-likeness (QED) is 0.727. The Labute approximate surface area is 125 Å². The number of aromatic nitrogens is 1. The first-order valence-electron chi connectivity index (χ1n) is 7.40. The summed E-state index contributed by atoms with van der Waals surface area (Å²) in [5.41, 5.74) is 4.83. The molecule has 0 saturated carbocycles. The number of hydrogen-bond donors (Lipinski definition) is 1. The lowest BCUT2D eigenvalue weighted by molar-refractivity contribution is 0.865. The van der Waals surface area contributed by atoms with E-state index in [0.29, 0.717) is 5.92 Å². The zero-order chi connectivity index (χ0) is 14.7. The van der Waals surface area contributed by atoms with Gasteiger partial charge >= 0.3 is 0 Å². The second kappa shape index (κ2) is 5.96. The Kier molecular flexibility index (Phi) is 3.87. The summed E-state index contributed by atoms with van der Waals surface area (Å²) in [5, 5.41) is 4.68. The van der Waals surface area contributed by atoms with Gasteiger partial charge in [0.25, 0.3) is 0 Å². The van der Waals surface area contributed by atoms with Crippen LogP contribution in [0.25, 0.3) is 10.9 Å². The third kappa shape index (κ3) is 3.05. The molecule has 106 valence electrons. The Balaban J connectivity index is 1.77. The van der Waals surface area contributed by atoms with Gasteiger partial charge in [-0.15, -0.1) is 0 Å². The standard InChI is InChI=1S/C19H20N2/c1-14(2)16-10-8-15(9-11-16)13-21-19-7-3-6-18-17(19)5-4-12-20-18/h3-12,14,21H,13H2,1-2H3. The highest BCUT2D eigenvalue weighted by molar-refractivity contribution is 5.91. The highest BCUT2D eigenvalue weighted by atomic mass is 14.9. The Bertz CT molecular complexity index is 725. The van der Waals surface area contributed by atoms with Crippen LogP contribution < -0.4 is 5.32 Å². The fourth-order valence-electron chi connectivity index (χ4n) is 2.48. The number of benzene rings is 2. The maximum Gasteiger partial charge on any atom is 0.0722 e. The number of hydrogen-bond acceptors (Lipinski definition) is 2. The second-order valence-corrected chi connectivity index (χ2v) is 5.63. The summed E-state index contributed by atoms with van der Waals surface area (Å²) in [4.78, 5) is 4.39. The normalized spacial score (nSPS) is 11.0. The Hall–Kier alpha value is -2.35. The molecule has 0 spiro atoms. The van der Waals surface area contributed by atoms with Crippen molar-refractivity contribution >= 4 is 16.6 Å². The molecule has 0 amide bonds. The molecule has 0 saturated heterocycles. The summed E-state index contributed by atoms with van der Waals surface area (Å²) >= 11 is 0. The SMILES string of the molecule is CC(C)c1ccc(CNc2cccc3ncccc23)cc1. The summed E-state index contributed by atoms with van der Waals surface area (Å²) in [5.74, 6) is 0.580. The molecule has 3 rings (SSSR count). The van der Waals surface area contributed by atoms with E-state index >= 15 is 0 Å². The van der Waals surface area contributed by atoms with E-state index in [2.05, 4.69) is 60.5 Å². The number of pyridine rings is 1. The van der Waals surface area contributed by atoms with Crippen LogP contribution in [0.15, 0.2) is 60.8 Å². The minimum atomic E-state index is 0.580. The molecule has 1 heterocycles.